The van der Waals surface area contributed by atoms with Gasteiger partial charge in [-0.1, -0.05) is 6.08 Å². The summed E-state index contributed by atoms with van der Waals surface area (Å²) in [7, 11) is -2.36. The molecule has 1 saturated heterocycles. The second-order valence-corrected chi connectivity index (χ2v) is 12.0. The third-order valence-electron chi connectivity index (χ3n) is 5.10. The van der Waals surface area contributed by atoms with Crippen molar-refractivity contribution in [1.29, 1.82) is 0 Å². The first kappa shape index (κ1) is 21.0. The van der Waals surface area contributed by atoms with Gasteiger partial charge in [0.2, 0.25) is 8.32 Å². The molecule has 0 bridgehead atoms. The van der Waals surface area contributed by atoms with Crippen LogP contribution in [0.25, 0.3) is 0 Å². The number of hydroxylamine groups is 2. The molecule has 2 unspecified atom stereocenters. The molecule has 0 saturated carbocycles. The van der Waals surface area contributed by atoms with E-state index in [2.05, 4.69) is 41.9 Å². The standard InChI is InChI=1S/C20H32N2O3Si/c1-6-14-24-20(2,3)19(16-23)26(4,5)25-22-13-7-8-18(22)15-17-9-11-21-12-10-17/h6,9-12,16,18-19H,1,7-8,13-15H2,2-5H3. The van der Waals surface area contributed by atoms with Crippen molar-refractivity contribution in [2.75, 3.05) is 13.2 Å². The Labute approximate surface area is 158 Å². The zero-order valence-corrected chi connectivity index (χ0v) is 17.5. The highest BCUT2D eigenvalue weighted by molar-refractivity contribution is 6.75. The summed E-state index contributed by atoms with van der Waals surface area (Å²) in [5.74, 6) is 0. The molecule has 0 aromatic carbocycles. The third-order valence-corrected chi connectivity index (χ3v) is 8.14. The zero-order valence-electron chi connectivity index (χ0n) is 16.5. The molecule has 5 nitrogen and oxygen atoms in total. The van der Waals surface area contributed by atoms with E-state index in [0.717, 1.165) is 32.1 Å². The van der Waals surface area contributed by atoms with Crippen LogP contribution in [-0.4, -0.2) is 49.4 Å². The van der Waals surface area contributed by atoms with E-state index < -0.39 is 13.9 Å². The minimum absolute atomic E-state index is 0.267. The van der Waals surface area contributed by atoms with Crippen molar-refractivity contribution in [2.45, 2.75) is 63.4 Å². The summed E-state index contributed by atoms with van der Waals surface area (Å²) in [6, 6.07) is 4.45. The van der Waals surface area contributed by atoms with Crippen LogP contribution < -0.4 is 0 Å². The molecule has 2 rings (SSSR count). The van der Waals surface area contributed by atoms with Gasteiger partial charge in [0.25, 0.3) is 0 Å². The molecular formula is C20H32N2O3Si. The van der Waals surface area contributed by atoms with Gasteiger partial charge < -0.3 is 14.1 Å². The van der Waals surface area contributed by atoms with Gasteiger partial charge in [0.05, 0.1) is 17.7 Å². The molecule has 0 radical (unpaired) electrons. The molecule has 2 heterocycles. The lowest BCUT2D eigenvalue weighted by molar-refractivity contribution is -0.118. The molecule has 0 spiro atoms. The fourth-order valence-electron chi connectivity index (χ4n) is 3.81. The van der Waals surface area contributed by atoms with Crippen LogP contribution in [0.5, 0.6) is 0 Å². The molecule has 144 valence electrons. The lowest BCUT2D eigenvalue weighted by Crippen LogP contribution is -2.53. The average molecular weight is 377 g/mol. The second kappa shape index (κ2) is 9.04. The zero-order chi connectivity index (χ0) is 19.2. The lowest BCUT2D eigenvalue weighted by atomic mass is 10.1. The fraction of sp³-hybridized carbons (Fsp3) is 0.600. The van der Waals surface area contributed by atoms with Crippen molar-refractivity contribution in [1.82, 2.24) is 10.0 Å². The Morgan fingerprint density at radius 3 is 2.73 bits per heavy atom. The van der Waals surface area contributed by atoms with E-state index in [4.69, 9.17) is 9.26 Å². The summed E-state index contributed by atoms with van der Waals surface area (Å²) in [6.07, 6.45) is 9.55. The molecule has 0 N–H and O–H groups in total. The van der Waals surface area contributed by atoms with Crippen molar-refractivity contribution < 1.29 is 14.1 Å². The molecule has 0 amide bonds. The second-order valence-electron chi connectivity index (χ2n) is 8.01. The van der Waals surface area contributed by atoms with E-state index in [1.54, 1.807) is 6.08 Å². The molecule has 1 aliphatic rings. The Bertz CT molecular complexity index is 592. The van der Waals surface area contributed by atoms with Gasteiger partial charge in [-0.3, -0.25) is 4.98 Å². The van der Waals surface area contributed by atoms with Crippen molar-refractivity contribution in [3.63, 3.8) is 0 Å². The highest BCUT2D eigenvalue weighted by atomic mass is 28.4. The van der Waals surface area contributed by atoms with Gasteiger partial charge in [0.1, 0.15) is 6.29 Å². The maximum Gasteiger partial charge on any atom is 0.227 e. The number of nitrogens with zero attached hydrogens (tertiary/aromatic N) is 2. The summed E-state index contributed by atoms with van der Waals surface area (Å²) in [5.41, 5.74) is 0.421. The number of pyridine rings is 1. The van der Waals surface area contributed by atoms with Crippen LogP contribution in [0.1, 0.15) is 32.3 Å². The van der Waals surface area contributed by atoms with Gasteiger partial charge >= 0.3 is 0 Å². The summed E-state index contributed by atoms with van der Waals surface area (Å²) < 4.78 is 12.4. The number of ether oxygens (including phenoxy) is 1. The lowest BCUT2D eigenvalue weighted by Gasteiger charge is -2.41. The smallest absolute Gasteiger partial charge is 0.227 e. The Kier molecular flexibility index (Phi) is 7.29. The van der Waals surface area contributed by atoms with Gasteiger partial charge in [-0.25, -0.2) is 0 Å². The number of carbonyl (C=O) groups excluding carboxylic acids is 1. The largest absolute Gasteiger partial charge is 0.371 e. The Morgan fingerprint density at radius 2 is 2.12 bits per heavy atom. The predicted molar refractivity (Wildman–Crippen MR) is 106 cm³/mol. The topological polar surface area (TPSA) is 51.7 Å². The number of aldehydes is 1. The van der Waals surface area contributed by atoms with Gasteiger partial charge in [0, 0.05) is 25.0 Å². The van der Waals surface area contributed by atoms with Crippen molar-refractivity contribution in [2.24, 2.45) is 0 Å². The van der Waals surface area contributed by atoms with E-state index in [0.29, 0.717) is 12.6 Å². The van der Waals surface area contributed by atoms with Gasteiger partial charge in [0.15, 0.2) is 0 Å². The normalized spacial score (nSPS) is 20.1. The molecular weight excluding hydrogens is 344 g/mol. The number of aromatic nitrogens is 1. The third kappa shape index (κ3) is 5.33. The van der Waals surface area contributed by atoms with Crippen LogP contribution in [0.3, 0.4) is 0 Å². The highest BCUT2D eigenvalue weighted by Crippen LogP contribution is 2.37. The number of rotatable bonds is 10. The molecule has 26 heavy (non-hydrogen) atoms. The molecule has 1 aromatic rings. The van der Waals surface area contributed by atoms with Gasteiger partial charge in [-0.05, 0) is 63.9 Å². The van der Waals surface area contributed by atoms with E-state index >= 15 is 0 Å². The van der Waals surface area contributed by atoms with Crippen molar-refractivity contribution >= 4 is 14.6 Å². The maximum absolute atomic E-state index is 11.9. The SMILES string of the molecule is C=CCOC(C)(C)C(C=O)[Si](C)(C)ON1CCCC1Cc1ccncc1. The Balaban J connectivity index is 2.07. The van der Waals surface area contributed by atoms with E-state index in [1.807, 2.05) is 26.2 Å². The van der Waals surface area contributed by atoms with Crippen LogP contribution in [-0.2, 0) is 20.5 Å². The van der Waals surface area contributed by atoms with Gasteiger partial charge in [-0.15, -0.1) is 6.58 Å². The van der Waals surface area contributed by atoms with Crippen molar-refractivity contribution in [3.05, 3.63) is 42.7 Å². The molecule has 1 fully saturated rings. The first-order valence-electron chi connectivity index (χ1n) is 9.35. The summed E-state index contributed by atoms with van der Waals surface area (Å²) in [4.78, 5) is 16.0. The molecule has 1 aromatic heterocycles. The fourth-order valence-corrected chi connectivity index (χ4v) is 6.86. The van der Waals surface area contributed by atoms with Crippen LogP contribution in [0, 0.1) is 0 Å². The van der Waals surface area contributed by atoms with Crippen LogP contribution >= 0.6 is 0 Å². The van der Waals surface area contributed by atoms with E-state index in [-0.39, 0.29) is 5.54 Å². The molecule has 6 heteroatoms. The van der Waals surface area contributed by atoms with E-state index in [9.17, 15) is 4.79 Å². The average Bonchev–Trinajstić information content (AvgIpc) is 3.00. The first-order chi connectivity index (χ1) is 12.3. The number of hydrogen-bond donors (Lipinski definition) is 0. The molecule has 1 aliphatic heterocycles. The minimum Gasteiger partial charge on any atom is -0.371 e. The van der Waals surface area contributed by atoms with Crippen LogP contribution in [0.15, 0.2) is 37.2 Å². The summed E-state index contributed by atoms with van der Waals surface area (Å²) >= 11 is 0. The molecule has 0 aliphatic carbocycles. The predicted octanol–water partition coefficient (Wildman–Crippen LogP) is 3.78. The number of hydrogen-bond acceptors (Lipinski definition) is 5. The van der Waals surface area contributed by atoms with Crippen LogP contribution in [0.2, 0.25) is 18.6 Å². The first-order valence-corrected chi connectivity index (χ1v) is 12.3. The summed E-state index contributed by atoms with van der Waals surface area (Å²) in [5, 5.41) is 2.12. The minimum atomic E-state index is -2.36. The van der Waals surface area contributed by atoms with E-state index in [1.165, 1.54) is 5.56 Å². The Morgan fingerprint density at radius 1 is 1.42 bits per heavy atom. The highest BCUT2D eigenvalue weighted by Gasteiger charge is 2.47. The quantitative estimate of drug-likeness (QED) is 0.353. The Hall–Kier alpha value is -1.34. The maximum atomic E-state index is 11.9. The van der Waals surface area contributed by atoms with Crippen molar-refractivity contribution in [3.8, 4) is 0 Å². The van der Waals surface area contributed by atoms with Gasteiger partial charge in [-0.2, -0.15) is 5.06 Å². The van der Waals surface area contributed by atoms with Crippen LogP contribution in [0.4, 0.5) is 0 Å². The summed E-state index contributed by atoms with van der Waals surface area (Å²) in [6.45, 7) is 13.2. The monoisotopic (exact) mass is 376 g/mol. The number of carbonyl (C=O) groups is 1. The molecule has 2 atom stereocenters.